The van der Waals surface area contributed by atoms with Crippen LogP contribution in [-0.4, -0.2) is 25.4 Å². The smallest absolute Gasteiger partial charge is 0.267 e. The second kappa shape index (κ2) is 5.18. The maximum Gasteiger partial charge on any atom is 0.279 e. The summed E-state index contributed by atoms with van der Waals surface area (Å²) in [7, 11) is -1.27. The molecule has 2 heterocycles. The van der Waals surface area contributed by atoms with E-state index in [9.17, 15) is 9.00 Å². The molecule has 20 heavy (non-hydrogen) atoms. The lowest BCUT2D eigenvalue weighted by Crippen LogP contribution is -2.07. The van der Waals surface area contributed by atoms with Crippen LogP contribution in [0.25, 0.3) is 20.8 Å². The first kappa shape index (κ1) is 13.0. The summed E-state index contributed by atoms with van der Waals surface area (Å²) in [6.07, 6.45) is 3.03. The van der Waals surface area contributed by atoms with Crippen molar-refractivity contribution in [2.24, 2.45) is 0 Å². The van der Waals surface area contributed by atoms with Gasteiger partial charge in [-0.3, -0.25) is 9.00 Å². The summed E-state index contributed by atoms with van der Waals surface area (Å²) >= 11 is 1.37. The number of nitrogens with zero attached hydrogens (tertiary/aromatic N) is 3. The van der Waals surface area contributed by atoms with Crippen LogP contribution in [0.3, 0.4) is 0 Å². The van der Waals surface area contributed by atoms with E-state index in [1.54, 1.807) is 18.2 Å². The van der Waals surface area contributed by atoms with E-state index < -0.39 is 10.8 Å². The summed E-state index contributed by atoms with van der Waals surface area (Å²) in [6.45, 7) is 0. The van der Waals surface area contributed by atoms with E-state index >= 15 is 0 Å². The zero-order chi connectivity index (χ0) is 14.1. The van der Waals surface area contributed by atoms with Crippen LogP contribution in [0.2, 0.25) is 0 Å². The van der Waals surface area contributed by atoms with Gasteiger partial charge in [0.2, 0.25) is 5.16 Å². The van der Waals surface area contributed by atoms with Gasteiger partial charge in [0.1, 0.15) is 10.7 Å². The Kier molecular flexibility index (Phi) is 3.37. The standard InChI is InChI=1S/C13H9N3O2S2/c1-20(18)13-14-7-6-9(15-13)12-16-11(17)8-4-2-3-5-10(8)19-12/h2-7H,1H3. The average molecular weight is 303 g/mol. The van der Waals surface area contributed by atoms with Gasteiger partial charge in [-0.05, 0) is 18.2 Å². The van der Waals surface area contributed by atoms with Crippen LogP contribution < -0.4 is 5.56 Å². The Labute approximate surface area is 120 Å². The molecule has 0 aliphatic heterocycles. The van der Waals surface area contributed by atoms with Gasteiger partial charge in [-0.25, -0.2) is 9.97 Å². The molecule has 7 heteroatoms. The van der Waals surface area contributed by atoms with Gasteiger partial charge in [-0.15, -0.1) is 11.3 Å². The summed E-state index contributed by atoms with van der Waals surface area (Å²) in [5.74, 6) is 0. The molecule has 3 aromatic rings. The summed E-state index contributed by atoms with van der Waals surface area (Å²) in [6, 6.07) is 8.95. The minimum absolute atomic E-state index is 0.233. The van der Waals surface area contributed by atoms with Crippen LogP contribution in [0.1, 0.15) is 0 Å². The second-order valence-corrected chi connectivity index (χ2v) is 6.30. The first-order valence-electron chi connectivity index (χ1n) is 5.72. The summed E-state index contributed by atoms with van der Waals surface area (Å²) in [5, 5.41) is 1.33. The maximum atomic E-state index is 12.0. The first-order valence-corrected chi connectivity index (χ1v) is 8.09. The van der Waals surface area contributed by atoms with E-state index in [4.69, 9.17) is 0 Å². The number of benzene rings is 1. The fraction of sp³-hybridized carbons (Fsp3) is 0.0769. The highest BCUT2D eigenvalue weighted by molar-refractivity contribution is 7.84. The van der Waals surface area contributed by atoms with Gasteiger partial charge in [-0.1, -0.05) is 12.1 Å². The fourth-order valence-electron chi connectivity index (χ4n) is 1.72. The third kappa shape index (κ3) is 2.37. The third-order valence-electron chi connectivity index (χ3n) is 2.64. The molecule has 0 amide bonds. The highest BCUT2D eigenvalue weighted by atomic mass is 32.2. The lowest BCUT2D eigenvalue weighted by Gasteiger charge is -2.02. The van der Waals surface area contributed by atoms with Gasteiger partial charge < -0.3 is 0 Å². The zero-order valence-corrected chi connectivity index (χ0v) is 12.1. The molecule has 1 aromatic carbocycles. The van der Waals surface area contributed by atoms with E-state index in [2.05, 4.69) is 15.0 Å². The topological polar surface area (TPSA) is 72.8 Å². The Balaban J connectivity index is 2.22. The molecule has 1 unspecified atom stereocenters. The van der Waals surface area contributed by atoms with Gasteiger partial charge in [-0.2, -0.15) is 4.98 Å². The van der Waals surface area contributed by atoms with E-state index in [1.165, 1.54) is 23.8 Å². The predicted octanol–water partition coefficient (Wildman–Crippen LogP) is 1.85. The molecule has 0 saturated carbocycles. The zero-order valence-electron chi connectivity index (χ0n) is 10.4. The Morgan fingerprint density at radius 1 is 1.15 bits per heavy atom. The van der Waals surface area contributed by atoms with Crippen molar-refractivity contribution < 1.29 is 4.21 Å². The number of fused-ring (bicyclic) bond motifs is 1. The summed E-state index contributed by atoms with van der Waals surface area (Å²) in [4.78, 5) is 24.2. The monoisotopic (exact) mass is 303 g/mol. The molecule has 0 saturated heterocycles. The molecule has 1 atom stereocenters. The highest BCUT2D eigenvalue weighted by Gasteiger charge is 2.10. The van der Waals surface area contributed by atoms with Gasteiger partial charge in [0, 0.05) is 17.2 Å². The van der Waals surface area contributed by atoms with Crippen molar-refractivity contribution in [1.29, 1.82) is 0 Å². The molecule has 3 rings (SSSR count). The molecule has 0 N–H and O–H groups in total. The third-order valence-corrected chi connectivity index (χ3v) is 4.42. The van der Waals surface area contributed by atoms with Crippen LogP contribution in [-0.2, 0) is 10.8 Å². The van der Waals surface area contributed by atoms with Gasteiger partial charge in [0.05, 0.1) is 16.2 Å². The molecular weight excluding hydrogens is 294 g/mol. The Morgan fingerprint density at radius 3 is 2.75 bits per heavy atom. The van der Waals surface area contributed by atoms with Gasteiger partial charge in [0.15, 0.2) is 0 Å². The Hall–Kier alpha value is -1.99. The molecule has 5 nitrogen and oxygen atoms in total. The van der Waals surface area contributed by atoms with Crippen molar-refractivity contribution in [2.45, 2.75) is 5.16 Å². The molecule has 2 aromatic heterocycles. The van der Waals surface area contributed by atoms with Crippen molar-refractivity contribution in [3.8, 4) is 10.7 Å². The van der Waals surface area contributed by atoms with Crippen molar-refractivity contribution in [2.75, 3.05) is 6.26 Å². The number of rotatable bonds is 2. The molecule has 0 spiro atoms. The van der Waals surface area contributed by atoms with Gasteiger partial charge in [0.25, 0.3) is 5.56 Å². The predicted molar refractivity (Wildman–Crippen MR) is 79.2 cm³/mol. The van der Waals surface area contributed by atoms with Crippen LogP contribution in [0, 0.1) is 0 Å². The van der Waals surface area contributed by atoms with Gasteiger partial charge >= 0.3 is 0 Å². The fourth-order valence-corrected chi connectivity index (χ4v) is 3.12. The maximum absolute atomic E-state index is 12.0. The lowest BCUT2D eigenvalue weighted by atomic mass is 10.3. The van der Waals surface area contributed by atoms with E-state index in [1.807, 2.05) is 12.1 Å². The van der Waals surface area contributed by atoms with Crippen molar-refractivity contribution in [3.63, 3.8) is 0 Å². The molecular formula is C13H9N3O2S2. The first-order chi connectivity index (χ1) is 9.65. The van der Waals surface area contributed by atoms with E-state index in [0.717, 1.165) is 4.70 Å². The van der Waals surface area contributed by atoms with Crippen LogP contribution >= 0.6 is 11.3 Å². The Morgan fingerprint density at radius 2 is 1.95 bits per heavy atom. The number of hydrogen-bond acceptors (Lipinski definition) is 6. The quantitative estimate of drug-likeness (QED) is 0.676. The molecule has 0 aliphatic rings. The minimum atomic E-state index is -1.27. The van der Waals surface area contributed by atoms with Crippen molar-refractivity contribution in [3.05, 3.63) is 46.9 Å². The largest absolute Gasteiger partial charge is 0.279 e. The molecule has 0 aliphatic carbocycles. The van der Waals surface area contributed by atoms with Crippen LogP contribution in [0.4, 0.5) is 0 Å². The number of hydrogen-bond donors (Lipinski definition) is 0. The molecule has 0 bridgehead atoms. The minimum Gasteiger partial charge on any atom is -0.267 e. The second-order valence-electron chi connectivity index (χ2n) is 4.00. The molecule has 100 valence electrons. The lowest BCUT2D eigenvalue weighted by molar-refractivity contribution is 0.680. The summed E-state index contributed by atoms with van der Waals surface area (Å²) in [5.41, 5.74) is 0.227. The van der Waals surface area contributed by atoms with Crippen LogP contribution in [0.5, 0.6) is 0 Å². The number of aromatic nitrogens is 3. The average Bonchev–Trinajstić information content (AvgIpc) is 2.47. The molecule has 0 fully saturated rings. The highest BCUT2D eigenvalue weighted by Crippen LogP contribution is 2.24. The van der Waals surface area contributed by atoms with Crippen molar-refractivity contribution >= 4 is 32.2 Å². The van der Waals surface area contributed by atoms with E-state index in [0.29, 0.717) is 16.1 Å². The van der Waals surface area contributed by atoms with Crippen molar-refractivity contribution in [1.82, 2.24) is 15.0 Å². The SMILES string of the molecule is CS(=O)c1nccc(-c2nc(=O)c3ccccc3s2)n1. The van der Waals surface area contributed by atoms with E-state index in [-0.39, 0.29) is 10.7 Å². The molecule has 0 radical (unpaired) electrons. The summed E-state index contributed by atoms with van der Waals surface area (Å²) < 4.78 is 12.3. The van der Waals surface area contributed by atoms with Crippen LogP contribution in [0.15, 0.2) is 46.5 Å². The Bertz CT molecular complexity index is 877. The normalized spacial score (nSPS) is 12.4.